The summed E-state index contributed by atoms with van der Waals surface area (Å²) in [5.41, 5.74) is 1.04. The third-order valence-electron chi connectivity index (χ3n) is 9.21. The Kier molecular flexibility index (Phi) is 2.43. The fraction of sp³-hybridized carbons (Fsp3) is 0.667. The van der Waals surface area contributed by atoms with Crippen molar-refractivity contribution in [3.63, 3.8) is 0 Å². The Bertz CT molecular complexity index is 951. The maximum absolute atomic E-state index is 13.0. The molecule has 11 atom stereocenters. The molecule has 136 valence electrons. The first-order valence-corrected chi connectivity index (χ1v) is 11.4. The molecule has 4 nitrogen and oxygen atoms in total. The van der Waals surface area contributed by atoms with Gasteiger partial charge in [0.1, 0.15) is 5.78 Å². The van der Waals surface area contributed by atoms with Gasteiger partial charge in [-0.2, -0.15) is 8.42 Å². The topological polar surface area (TPSA) is 60.4 Å². The number of fused-ring (bicyclic) bond motifs is 3. The average molecular weight is 370 g/mol. The van der Waals surface area contributed by atoms with Gasteiger partial charge in [0.25, 0.3) is 10.1 Å². The molecule has 0 spiro atoms. The van der Waals surface area contributed by atoms with Crippen LogP contribution in [0.1, 0.15) is 18.4 Å². The predicted molar refractivity (Wildman–Crippen MR) is 92.4 cm³/mol. The largest absolute Gasteiger partial charge is 0.299 e. The van der Waals surface area contributed by atoms with Gasteiger partial charge in [0.2, 0.25) is 0 Å². The first kappa shape index (κ1) is 14.8. The minimum Gasteiger partial charge on any atom is -0.299 e. The molecule has 0 aliphatic heterocycles. The zero-order valence-corrected chi connectivity index (χ0v) is 15.4. The molecular weight excluding hydrogens is 348 g/mol. The molecule has 1 aromatic carbocycles. The summed E-state index contributed by atoms with van der Waals surface area (Å²) in [5, 5.41) is 0. The van der Waals surface area contributed by atoms with E-state index in [4.69, 9.17) is 4.18 Å². The summed E-state index contributed by atoms with van der Waals surface area (Å²) in [6.45, 7) is 1.95. The van der Waals surface area contributed by atoms with Gasteiger partial charge in [-0.1, -0.05) is 17.7 Å². The highest BCUT2D eigenvalue weighted by Crippen LogP contribution is 2.82. The summed E-state index contributed by atoms with van der Waals surface area (Å²) in [5.74, 6) is 5.01. The van der Waals surface area contributed by atoms with E-state index in [2.05, 4.69) is 0 Å². The van der Waals surface area contributed by atoms with E-state index in [1.165, 1.54) is 0 Å². The Hall–Kier alpha value is -1.20. The highest BCUT2D eigenvalue weighted by molar-refractivity contribution is 7.86. The molecule has 0 heterocycles. The normalized spacial score (nSPS) is 54.2. The van der Waals surface area contributed by atoms with E-state index >= 15 is 0 Å². The van der Waals surface area contributed by atoms with Crippen molar-refractivity contribution in [1.82, 2.24) is 0 Å². The molecule has 6 aliphatic rings. The number of hydrogen-bond acceptors (Lipinski definition) is 4. The van der Waals surface area contributed by atoms with Crippen LogP contribution >= 0.6 is 0 Å². The van der Waals surface area contributed by atoms with Crippen LogP contribution in [-0.4, -0.2) is 20.3 Å². The zero-order valence-electron chi connectivity index (χ0n) is 14.6. The van der Waals surface area contributed by atoms with Gasteiger partial charge in [0, 0.05) is 11.8 Å². The van der Waals surface area contributed by atoms with Crippen molar-refractivity contribution in [2.24, 2.45) is 59.2 Å². The van der Waals surface area contributed by atoms with E-state index in [0.717, 1.165) is 18.4 Å². The molecule has 0 amide bonds. The first-order valence-electron chi connectivity index (χ1n) is 10.0. The van der Waals surface area contributed by atoms with Crippen LogP contribution < -0.4 is 0 Å². The molecule has 5 heteroatoms. The minimum atomic E-state index is -3.75. The molecule has 0 aromatic heterocycles. The summed E-state index contributed by atoms with van der Waals surface area (Å²) in [6, 6.07) is 6.94. The maximum atomic E-state index is 13.0. The van der Waals surface area contributed by atoms with Gasteiger partial charge in [-0.25, -0.2) is 0 Å². The van der Waals surface area contributed by atoms with E-state index in [9.17, 15) is 13.2 Å². The molecule has 6 fully saturated rings. The molecule has 6 saturated carbocycles. The standard InChI is InChI=1S/C21H22O4S/c1-8-2-4-9(5-3-8)26(23,24)25-21-13-7-12-16-14-10-6-11(18(14)20(12)22)19(21)15(10)17(13)16/h2-5,10-19,21H,6-7H2,1H3/t10-,11-,12+,13-,14-,15+,16-,17+,18-,19+,21-/m0/s1. The third-order valence-corrected chi connectivity index (χ3v) is 10.5. The predicted octanol–water partition coefficient (Wildman–Crippen LogP) is 2.66. The lowest BCUT2D eigenvalue weighted by Gasteiger charge is -2.35. The monoisotopic (exact) mass is 370 g/mol. The molecule has 7 rings (SSSR count). The zero-order chi connectivity index (χ0) is 17.5. The smallest absolute Gasteiger partial charge is 0.297 e. The van der Waals surface area contributed by atoms with Crippen molar-refractivity contribution in [3.8, 4) is 0 Å². The van der Waals surface area contributed by atoms with Gasteiger partial charge < -0.3 is 0 Å². The Morgan fingerprint density at radius 3 is 2.38 bits per heavy atom. The summed E-state index contributed by atoms with van der Waals surface area (Å²) in [4.78, 5) is 13.2. The molecular formula is C21H22O4S. The van der Waals surface area contributed by atoms with Crippen LogP contribution in [0.5, 0.6) is 0 Å². The highest BCUT2D eigenvalue weighted by atomic mass is 32.2. The number of aryl methyl sites for hydroxylation is 1. The summed E-state index contributed by atoms with van der Waals surface area (Å²) < 4.78 is 31.9. The molecule has 6 aliphatic carbocycles. The fourth-order valence-corrected chi connectivity index (χ4v) is 10.1. The van der Waals surface area contributed by atoms with Gasteiger partial charge in [0.05, 0.1) is 11.0 Å². The van der Waals surface area contributed by atoms with E-state index in [1.807, 2.05) is 19.1 Å². The molecule has 2 bridgehead atoms. The number of hydrogen-bond donors (Lipinski definition) is 0. The van der Waals surface area contributed by atoms with Crippen molar-refractivity contribution in [1.29, 1.82) is 0 Å². The number of ketones is 1. The van der Waals surface area contributed by atoms with Crippen molar-refractivity contribution < 1.29 is 17.4 Å². The second-order valence-corrected chi connectivity index (χ2v) is 11.3. The van der Waals surface area contributed by atoms with Crippen LogP contribution in [0.25, 0.3) is 0 Å². The van der Waals surface area contributed by atoms with Gasteiger partial charge in [0.15, 0.2) is 0 Å². The van der Waals surface area contributed by atoms with Gasteiger partial charge in [-0.15, -0.1) is 0 Å². The SMILES string of the molecule is Cc1ccc(S(=O)(=O)O[C@H]2[C@H]3C[C@H]4C(=O)[C@H]5[C@@H]6C[C@@H]7[C@H]([C@@H]3[C@@H]4[C@H]75)[C@@H]62)cc1. The average Bonchev–Trinajstić information content (AvgIpc) is 3.35. The highest BCUT2D eigenvalue weighted by Gasteiger charge is 2.82. The molecule has 0 unspecified atom stereocenters. The van der Waals surface area contributed by atoms with Gasteiger partial charge in [-0.3, -0.25) is 8.98 Å². The third kappa shape index (κ3) is 1.41. The summed E-state index contributed by atoms with van der Waals surface area (Å²) in [7, 11) is -3.75. The summed E-state index contributed by atoms with van der Waals surface area (Å²) >= 11 is 0. The number of benzene rings is 1. The lowest BCUT2D eigenvalue weighted by Crippen LogP contribution is -2.41. The molecule has 26 heavy (non-hydrogen) atoms. The van der Waals surface area contributed by atoms with Crippen LogP contribution in [0.15, 0.2) is 29.2 Å². The molecule has 0 saturated heterocycles. The molecule has 1 aromatic rings. The van der Waals surface area contributed by atoms with Crippen LogP contribution in [0.2, 0.25) is 0 Å². The Balaban J connectivity index is 1.30. The van der Waals surface area contributed by atoms with E-state index in [1.54, 1.807) is 12.1 Å². The van der Waals surface area contributed by atoms with Crippen molar-refractivity contribution in [2.45, 2.75) is 30.8 Å². The molecule has 0 radical (unpaired) electrons. The van der Waals surface area contributed by atoms with E-state index in [0.29, 0.717) is 47.2 Å². The van der Waals surface area contributed by atoms with Crippen LogP contribution in [0, 0.1) is 66.1 Å². The lowest BCUT2D eigenvalue weighted by molar-refractivity contribution is -0.128. The number of rotatable bonds is 3. The number of Topliss-reactive ketones (excluding diaryl/α,β-unsaturated/α-hetero) is 1. The van der Waals surface area contributed by atoms with E-state index < -0.39 is 10.1 Å². The number of carbonyl (C=O) groups is 1. The Morgan fingerprint density at radius 1 is 0.885 bits per heavy atom. The van der Waals surface area contributed by atoms with Crippen molar-refractivity contribution >= 4 is 15.9 Å². The first-order chi connectivity index (χ1) is 12.5. The van der Waals surface area contributed by atoms with Crippen molar-refractivity contribution in [3.05, 3.63) is 29.8 Å². The van der Waals surface area contributed by atoms with E-state index in [-0.39, 0.29) is 28.8 Å². The lowest BCUT2D eigenvalue weighted by atomic mass is 9.72. The Morgan fingerprint density at radius 2 is 1.62 bits per heavy atom. The molecule has 0 N–H and O–H groups in total. The summed E-state index contributed by atoms with van der Waals surface area (Å²) in [6.07, 6.45) is 1.82. The van der Waals surface area contributed by atoms with Crippen LogP contribution in [-0.2, 0) is 19.1 Å². The second kappa shape index (κ2) is 4.27. The number of carbonyl (C=O) groups excluding carboxylic acids is 1. The van der Waals surface area contributed by atoms with Crippen LogP contribution in [0.4, 0.5) is 0 Å². The Labute approximate surface area is 153 Å². The van der Waals surface area contributed by atoms with Crippen molar-refractivity contribution in [2.75, 3.05) is 0 Å². The van der Waals surface area contributed by atoms with Crippen LogP contribution in [0.3, 0.4) is 0 Å². The maximum Gasteiger partial charge on any atom is 0.297 e. The fourth-order valence-electron chi connectivity index (χ4n) is 8.94. The minimum absolute atomic E-state index is 0.198. The second-order valence-electron chi connectivity index (χ2n) is 9.71. The van der Waals surface area contributed by atoms with Gasteiger partial charge in [-0.05, 0) is 79.2 Å². The van der Waals surface area contributed by atoms with Gasteiger partial charge >= 0.3 is 0 Å². The quantitative estimate of drug-likeness (QED) is 0.768.